The first kappa shape index (κ1) is 16.5. The molecule has 0 bridgehead atoms. The topological polar surface area (TPSA) is 58.4 Å². The Balaban J connectivity index is 2.73. The number of carbonyl (C=O) groups is 1. The third-order valence-corrected chi connectivity index (χ3v) is 3.88. The number of carbonyl (C=O) groups excluding carboxylic acids is 1. The molecule has 0 aliphatic heterocycles. The van der Waals surface area contributed by atoms with Gasteiger partial charge in [0.25, 0.3) is 0 Å². The van der Waals surface area contributed by atoms with Crippen LogP contribution in [0.2, 0.25) is 0 Å². The van der Waals surface area contributed by atoms with Gasteiger partial charge >= 0.3 is 0 Å². The highest BCUT2D eigenvalue weighted by atomic mass is 16.1. The molecule has 0 aromatic heterocycles. The van der Waals surface area contributed by atoms with Crippen LogP contribution in [0, 0.1) is 0 Å². The number of para-hydroxylation sites is 1. The Morgan fingerprint density at radius 1 is 1.30 bits per heavy atom. The van der Waals surface area contributed by atoms with Crippen LogP contribution in [0.1, 0.15) is 33.1 Å². The monoisotopic (exact) mass is 277 g/mol. The fourth-order valence-corrected chi connectivity index (χ4v) is 2.09. The Morgan fingerprint density at radius 2 is 1.95 bits per heavy atom. The fourth-order valence-electron chi connectivity index (χ4n) is 2.09. The molecule has 0 heterocycles. The van der Waals surface area contributed by atoms with Crippen molar-refractivity contribution >= 4 is 11.6 Å². The number of benzene rings is 1. The van der Waals surface area contributed by atoms with Gasteiger partial charge in [-0.05, 0) is 38.9 Å². The average Bonchev–Trinajstić information content (AvgIpc) is 2.47. The Labute approximate surface area is 122 Å². The summed E-state index contributed by atoms with van der Waals surface area (Å²) in [5.74, 6) is -0.302. The molecule has 4 nitrogen and oxygen atoms in total. The number of anilines is 1. The van der Waals surface area contributed by atoms with E-state index < -0.39 is 5.54 Å². The lowest BCUT2D eigenvalue weighted by Gasteiger charge is -2.31. The zero-order valence-corrected chi connectivity index (χ0v) is 12.9. The van der Waals surface area contributed by atoms with Crippen LogP contribution in [0.4, 0.5) is 5.69 Å². The Kier molecular flexibility index (Phi) is 6.52. The number of nitrogens with two attached hydrogens (primary N) is 1. The van der Waals surface area contributed by atoms with Crippen LogP contribution in [-0.2, 0) is 4.79 Å². The summed E-state index contributed by atoms with van der Waals surface area (Å²) < 4.78 is 0. The van der Waals surface area contributed by atoms with Gasteiger partial charge in [0.05, 0.1) is 5.54 Å². The van der Waals surface area contributed by atoms with Gasteiger partial charge in [0.2, 0.25) is 5.91 Å². The van der Waals surface area contributed by atoms with Gasteiger partial charge in [0, 0.05) is 18.8 Å². The molecule has 0 saturated heterocycles. The first-order valence-electron chi connectivity index (χ1n) is 7.32. The van der Waals surface area contributed by atoms with Gasteiger partial charge in [-0.1, -0.05) is 31.5 Å². The number of primary amides is 1. The summed E-state index contributed by atoms with van der Waals surface area (Å²) in [6, 6.07) is 10.3. The zero-order valence-electron chi connectivity index (χ0n) is 12.9. The molecular formula is C16H27N3O. The van der Waals surface area contributed by atoms with Crippen molar-refractivity contribution in [3.8, 4) is 0 Å². The normalized spacial score (nSPS) is 13.8. The summed E-state index contributed by atoms with van der Waals surface area (Å²) in [6.07, 6.45) is 2.99. The van der Waals surface area contributed by atoms with E-state index in [1.54, 1.807) is 7.05 Å². The minimum absolute atomic E-state index is 0.302. The van der Waals surface area contributed by atoms with Crippen molar-refractivity contribution in [1.29, 1.82) is 0 Å². The molecule has 0 saturated carbocycles. The summed E-state index contributed by atoms with van der Waals surface area (Å²) in [7, 11) is 1.78. The van der Waals surface area contributed by atoms with Crippen molar-refractivity contribution in [2.45, 2.75) is 38.6 Å². The van der Waals surface area contributed by atoms with Gasteiger partial charge in [-0.3, -0.25) is 4.79 Å². The molecule has 1 amide bonds. The van der Waals surface area contributed by atoms with Crippen molar-refractivity contribution in [2.24, 2.45) is 5.73 Å². The molecule has 0 aliphatic rings. The third-order valence-electron chi connectivity index (χ3n) is 3.88. The smallest absolute Gasteiger partial charge is 0.237 e. The van der Waals surface area contributed by atoms with E-state index >= 15 is 0 Å². The Bertz CT molecular complexity index is 407. The number of hydrogen-bond acceptors (Lipinski definition) is 3. The number of nitrogens with one attached hydrogen (secondary N) is 1. The maximum absolute atomic E-state index is 11.6. The predicted octanol–water partition coefficient (Wildman–Crippen LogP) is 2.15. The summed E-state index contributed by atoms with van der Waals surface area (Å²) >= 11 is 0. The number of rotatable bonds is 9. The second kappa shape index (κ2) is 7.90. The zero-order chi connectivity index (χ0) is 15.0. The highest BCUT2D eigenvalue weighted by Gasteiger charge is 2.29. The standard InChI is InChI=1S/C16H27N3O/c1-4-5-12-19(14-9-7-6-8-10-14)13-11-16(2,18-3)15(17)20/h6-10,18H,4-5,11-13H2,1-3H3,(H2,17,20). The maximum Gasteiger partial charge on any atom is 0.237 e. The quantitative estimate of drug-likeness (QED) is 0.727. The highest BCUT2D eigenvalue weighted by Crippen LogP contribution is 2.17. The highest BCUT2D eigenvalue weighted by molar-refractivity contribution is 5.84. The van der Waals surface area contributed by atoms with E-state index in [4.69, 9.17) is 5.73 Å². The summed E-state index contributed by atoms with van der Waals surface area (Å²) in [4.78, 5) is 13.9. The third kappa shape index (κ3) is 4.53. The van der Waals surface area contributed by atoms with Crippen LogP contribution >= 0.6 is 0 Å². The van der Waals surface area contributed by atoms with Crippen LogP contribution < -0.4 is 16.0 Å². The molecular weight excluding hydrogens is 250 g/mol. The van der Waals surface area contributed by atoms with Crippen molar-refractivity contribution in [3.63, 3.8) is 0 Å². The van der Waals surface area contributed by atoms with Crippen LogP contribution in [0.25, 0.3) is 0 Å². The average molecular weight is 277 g/mol. The lowest BCUT2D eigenvalue weighted by atomic mass is 9.96. The summed E-state index contributed by atoms with van der Waals surface area (Å²) in [6.45, 7) is 5.85. The lowest BCUT2D eigenvalue weighted by molar-refractivity contribution is -0.123. The molecule has 1 atom stereocenters. The number of nitrogens with zero attached hydrogens (tertiary/aromatic N) is 1. The van der Waals surface area contributed by atoms with Crippen molar-refractivity contribution in [3.05, 3.63) is 30.3 Å². The number of unbranched alkanes of at least 4 members (excludes halogenated alkanes) is 1. The van der Waals surface area contributed by atoms with E-state index in [0.29, 0.717) is 6.42 Å². The van der Waals surface area contributed by atoms with Crippen LogP contribution in [0.5, 0.6) is 0 Å². The molecule has 1 aromatic carbocycles. The first-order chi connectivity index (χ1) is 9.53. The van der Waals surface area contributed by atoms with Gasteiger partial charge in [-0.25, -0.2) is 0 Å². The molecule has 112 valence electrons. The van der Waals surface area contributed by atoms with E-state index in [1.165, 1.54) is 5.69 Å². The fraction of sp³-hybridized carbons (Fsp3) is 0.562. The lowest BCUT2D eigenvalue weighted by Crippen LogP contribution is -2.53. The largest absolute Gasteiger partial charge is 0.371 e. The van der Waals surface area contributed by atoms with Crippen molar-refractivity contribution < 1.29 is 4.79 Å². The summed E-state index contributed by atoms with van der Waals surface area (Å²) in [5.41, 5.74) is 6.03. The number of hydrogen-bond donors (Lipinski definition) is 2. The second-order valence-corrected chi connectivity index (χ2v) is 5.37. The number of likely N-dealkylation sites (N-methyl/N-ethyl adjacent to an activating group) is 1. The second-order valence-electron chi connectivity index (χ2n) is 5.37. The van der Waals surface area contributed by atoms with Gasteiger partial charge < -0.3 is 16.0 Å². The molecule has 1 rings (SSSR count). The molecule has 3 N–H and O–H groups in total. The number of amides is 1. The van der Waals surface area contributed by atoms with Gasteiger partial charge in [-0.2, -0.15) is 0 Å². The van der Waals surface area contributed by atoms with Crippen LogP contribution in [0.15, 0.2) is 30.3 Å². The Hall–Kier alpha value is -1.55. The summed E-state index contributed by atoms with van der Waals surface area (Å²) in [5, 5.41) is 3.04. The van der Waals surface area contributed by atoms with E-state index in [2.05, 4.69) is 29.3 Å². The molecule has 0 fully saturated rings. The predicted molar refractivity (Wildman–Crippen MR) is 84.8 cm³/mol. The molecule has 20 heavy (non-hydrogen) atoms. The van der Waals surface area contributed by atoms with E-state index in [0.717, 1.165) is 25.9 Å². The molecule has 0 spiro atoms. The van der Waals surface area contributed by atoms with Crippen molar-refractivity contribution in [1.82, 2.24) is 5.32 Å². The van der Waals surface area contributed by atoms with Crippen molar-refractivity contribution in [2.75, 3.05) is 25.0 Å². The first-order valence-corrected chi connectivity index (χ1v) is 7.32. The van der Waals surface area contributed by atoms with E-state index in [-0.39, 0.29) is 5.91 Å². The SMILES string of the molecule is CCCCN(CCC(C)(NC)C(N)=O)c1ccccc1. The van der Waals surface area contributed by atoms with Crippen LogP contribution in [-0.4, -0.2) is 31.6 Å². The maximum atomic E-state index is 11.6. The molecule has 4 heteroatoms. The van der Waals surface area contributed by atoms with Gasteiger partial charge in [0.1, 0.15) is 0 Å². The van der Waals surface area contributed by atoms with E-state index in [1.807, 2.05) is 25.1 Å². The Morgan fingerprint density at radius 3 is 2.45 bits per heavy atom. The van der Waals surface area contributed by atoms with Crippen LogP contribution in [0.3, 0.4) is 0 Å². The minimum atomic E-state index is -0.654. The molecule has 1 aromatic rings. The molecule has 1 unspecified atom stereocenters. The van der Waals surface area contributed by atoms with Gasteiger partial charge in [0.15, 0.2) is 0 Å². The minimum Gasteiger partial charge on any atom is -0.371 e. The van der Waals surface area contributed by atoms with E-state index in [9.17, 15) is 4.79 Å². The molecule has 0 aliphatic carbocycles. The molecule has 0 radical (unpaired) electrons. The van der Waals surface area contributed by atoms with Gasteiger partial charge in [-0.15, -0.1) is 0 Å².